The summed E-state index contributed by atoms with van der Waals surface area (Å²) in [6.45, 7) is 2.57. The van der Waals surface area contributed by atoms with Crippen LogP contribution in [0.15, 0.2) is 29.8 Å². The fourth-order valence-corrected chi connectivity index (χ4v) is 2.81. The van der Waals surface area contributed by atoms with Crippen LogP contribution in [0.2, 0.25) is 0 Å². The zero-order valence-electron chi connectivity index (χ0n) is 9.05. The number of hydrogen-bond donors (Lipinski definition) is 1. The Bertz CT molecular complexity index is 491. The van der Waals surface area contributed by atoms with Crippen molar-refractivity contribution in [3.05, 3.63) is 41.1 Å². The van der Waals surface area contributed by atoms with E-state index in [1.54, 1.807) is 12.3 Å². The average Bonchev–Trinajstić information content (AvgIpc) is 2.58. The average molecular weight is 238 g/mol. The molecule has 16 heavy (non-hydrogen) atoms. The molecule has 0 amide bonds. The minimum Gasteiger partial charge on any atom is -0.304 e. The maximum absolute atomic E-state index is 11.2. The highest BCUT2D eigenvalue weighted by molar-refractivity contribution is 7.94. The normalized spacial score (nSPS) is 22.4. The molecule has 0 fully saturated rings. The second-order valence-electron chi connectivity index (χ2n) is 3.97. The molecular weight excluding hydrogens is 224 g/mol. The Morgan fingerprint density at radius 2 is 2.31 bits per heavy atom. The third kappa shape index (κ3) is 2.90. The maximum Gasteiger partial charge on any atom is 0.173 e. The van der Waals surface area contributed by atoms with Crippen molar-refractivity contribution in [3.8, 4) is 0 Å². The fourth-order valence-electron chi connectivity index (χ4n) is 1.54. The molecule has 2 rings (SSSR count). The summed E-state index contributed by atoms with van der Waals surface area (Å²) >= 11 is 0. The number of hydrogen-bond acceptors (Lipinski definition) is 4. The van der Waals surface area contributed by atoms with Gasteiger partial charge < -0.3 is 5.32 Å². The van der Waals surface area contributed by atoms with Crippen molar-refractivity contribution >= 4 is 9.84 Å². The lowest BCUT2D eigenvalue weighted by Crippen LogP contribution is -2.29. The molecule has 0 spiro atoms. The summed E-state index contributed by atoms with van der Waals surface area (Å²) in [5.74, 6) is 0.152. The van der Waals surface area contributed by atoms with Gasteiger partial charge in [-0.2, -0.15) is 0 Å². The number of pyridine rings is 1. The smallest absolute Gasteiger partial charge is 0.173 e. The summed E-state index contributed by atoms with van der Waals surface area (Å²) in [6, 6.07) is 3.84. The van der Waals surface area contributed by atoms with Crippen LogP contribution in [0, 0.1) is 6.92 Å². The van der Waals surface area contributed by atoms with Crippen LogP contribution in [0.25, 0.3) is 0 Å². The van der Waals surface area contributed by atoms with Crippen molar-refractivity contribution in [2.24, 2.45) is 0 Å². The van der Waals surface area contributed by atoms with E-state index in [9.17, 15) is 8.42 Å². The lowest BCUT2D eigenvalue weighted by atomic mass is 10.2. The second kappa shape index (κ2) is 4.35. The van der Waals surface area contributed by atoms with E-state index in [4.69, 9.17) is 0 Å². The summed E-state index contributed by atoms with van der Waals surface area (Å²) in [5, 5.41) is 4.42. The van der Waals surface area contributed by atoms with Gasteiger partial charge in [0.2, 0.25) is 0 Å². The molecule has 4 nitrogen and oxygen atoms in total. The molecule has 1 aromatic rings. The van der Waals surface area contributed by atoms with Crippen molar-refractivity contribution in [3.63, 3.8) is 0 Å². The second-order valence-corrected chi connectivity index (χ2v) is 5.90. The van der Waals surface area contributed by atoms with E-state index >= 15 is 0 Å². The number of sulfone groups is 1. The van der Waals surface area contributed by atoms with E-state index in [-0.39, 0.29) is 11.8 Å². The van der Waals surface area contributed by atoms with Crippen LogP contribution in [0.3, 0.4) is 0 Å². The minimum atomic E-state index is -2.97. The largest absolute Gasteiger partial charge is 0.304 e. The van der Waals surface area contributed by atoms with Crippen LogP contribution in [0.5, 0.6) is 0 Å². The molecule has 1 aromatic heterocycles. The van der Waals surface area contributed by atoms with Gasteiger partial charge in [0.25, 0.3) is 0 Å². The number of aryl methyl sites for hydroxylation is 1. The van der Waals surface area contributed by atoms with Gasteiger partial charge in [-0.3, -0.25) is 4.98 Å². The van der Waals surface area contributed by atoms with Gasteiger partial charge in [0.1, 0.15) is 0 Å². The first-order chi connectivity index (χ1) is 7.55. The maximum atomic E-state index is 11.2. The first kappa shape index (κ1) is 11.3. The van der Waals surface area contributed by atoms with Crippen molar-refractivity contribution in [2.45, 2.75) is 19.5 Å². The van der Waals surface area contributed by atoms with Gasteiger partial charge in [0.15, 0.2) is 9.84 Å². The lowest BCUT2D eigenvalue weighted by Gasteiger charge is -2.09. The first-order valence-corrected chi connectivity index (χ1v) is 6.82. The Morgan fingerprint density at radius 3 is 2.88 bits per heavy atom. The van der Waals surface area contributed by atoms with Gasteiger partial charge in [-0.15, -0.1) is 0 Å². The molecule has 2 heterocycles. The van der Waals surface area contributed by atoms with E-state index < -0.39 is 9.84 Å². The van der Waals surface area contributed by atoms with Crippen LogP contribution in [0.1, 0.15) is 11.3 Å². The molecule has 0 bridgehead atoms. The minimum absolute atomic E-state index is 0.0897. The Balaban J connectivity index is 1.89. The SMILES string of the molecule is Cc1ccc(CNC2C=CS(=O)(=O)C2)nc1. The molecule has 5 heteroatoms. The Morgan fingerprint density at radius 1 is 1.50 bits per heavy atom. The monoisotopic (exact) mass is 238 g/mol. The Kier molecular flexibility index (Phi) is 3.07. The quantitative estimate of drug-likeness (QED) is 0.846. The van der Waals surface area contributed by atoms with E-state index in [1.165, 1.54) is 5.41 Å². The molecule has 0 aliphatic carbocycles. The fraction of sp³-hybridized carbons (Fsp3) is 0.364. The molecule has 1 aliphatic heterocycles. The van der Waals surface area contributed by atoms with Crippen LogP contribution in [-0.2, 0) is 16.4 Å². The third-order valence-corrected chi connectivity index (χ3v) is 3.84. The molecule has 1 unspecified atom stereocenters. The van der Waals surface area contributed by atoms with E-state index in [0.29, 0.717) is 6.54 Å². The molecule has 0 saturated carbocycles. The Hall–Kier alpha value is -1.20. The van der Waals surface area contributed by atoms with Crippen molar-refractivity contribution in [2.75, 3.05) is 5.75 Å². The lowest BCUT2D eigenvalue weighted by molar-refractivity contribution is 0.588. The highest BCUT2D eigenvalue weighted by Crippen LogP contribution is 2.08. The van der Waals surface area contributed by atoms with Crippen LogP contribution in [0.4, 0.5) is 0 Å². The zero-order valence-corrected chi connectivity index (χ0v) is 9.87. The topological polar surface area (TPSA) is 59.1 Å². The molecule has 0 aromatic carbocycles. The van der Waals surface area contributed by atoms with E-state index in [0.717, 1.165) is 11.3 Å². The number of rotatable bonds is 3. The summed E-state index contributed by atoms with van der Waals surface area (Å²) in [5.41, 5.74) is 2.04. The Labute approximate surface area is 95.3 Å². The number of nitrogens with zero attached hydrogens (tertiary/aromatic N) is 1. The molecule has 0 saturated heterocycles. The third-order valence-electron chi connectivity index (χ3n) is 2.45. The number of nitrogens with one attached hydrogen (secondary N) is 1. The summed E-state index contributed by atoms with van der Waals surface area (Å²) in [4.78, 5) is 4.24. The predicted octanol–water partition coefficient (Wildman–Crippen LogP) is 0.790. The summed E-state index contributed by atoms with van der Waals surface area (Å²) in [7, 11) is -2.97. The molecular formula is C11H14N2O2S. The predicted molar refractivity (Wildman–Crippen MR) is 62.5 cm³/mol. The number of aromatic nitrogens is 1. The molecule has 1 N–H and O–H groups in total. The van der Waals surface area contributed by atoms with Crippen LogP contribution >= 0.6 is 0 Å². The van der Waals surface area contributed by atoms with Crippen molar-refractivity contribution in [1.29, 1.82) is 0 Å². The highest BCUT2D eigenvalue weighted by atomic mass is 32.2. The van der Waals surface area contributed by atoms with Crippen LogP contribution < -0.4 is 5.32 Å². The van der Waals surface area contributed by atoms with Gasteiger partial charge in [-0.05, 0) is 18.6 Å². The summed E-state index contributed by atoms with van der Waals surface area (Å²) < 4.78 is 22.3. The summed E-state index contributed by atoms with van der Waals surface area (Å²) in [6.07, 6.45) is 3.49. The molecule has 1 aliphatic rings. The van der Waals surface area contributed by atoms with Crippen molar-refractivity contribution in [1.82, 2.24) is 10.3 Å². The van der Waals surface area contributed by atoms with Gasteiger partial charge >= 0.3 is 0 Å². The van der Waals surface area contributed by atoms with Crippen LogP contribution in [-0.4, -0.2) is 25.2 Å². The van der Waals surface area contributed by atoms with Crippen molar-refractivity contribution < 1.29 is 8.42 Å². The van der Waals surface area contributed by atoms with Gasteiger partial charge in [-0.25, -0.2) is 8.42 Å². The van der Waals surface area contributed by atoms with Gasteiger partial charge in [0.05, 0.1) is 11.4 Å². The van der Waals surface area contributed by atoms with Gasteiger partial charge in [0, 0.05) is 24.2 Å². The molecule has 0 radical (unpaired) electrons. The van der Waals surface area contributed by atoms with E-state index in [1.807, 2.05) is 19.1 Å². The standard InChI is InChI=1S/C11H14N2O2S/c1-9-2-3-10(12-6-9)7-13-11-4-5-16(14,15)8-11/h2-6,11,13H,7-8H2,1H3. The zero-order chi connectivity index (χ0) is 11.6. The molecule has 86 valence electrons. The van der Waals surface area contributed by atoms with E-state index in [2.05, 4.69) is 10.3 Å². The molecule has 1 atom stereocenters. The first-order valence-electron chi connectivity index (χ1n) is 5.11. The highest BCUT2D eigenvalue weighted by Gasteiger charge is 2.20. The van der Waals surface area contributed by atoms with Gasteiger partial charge in [-0.1, -0.05) is 12.1 Å².